The van der Waals surface area contributed by atoms with E-state index in [4.69, 9.17) is 9.84 Å². The lowest BCUT2D eigenvalue weighted by molar-refractivity contribution is 0.0949. The van der Waals surface area contributed by atoms with E-state index in [1.165, 1.54) is 12.8 Å². The van der Waals surface area contributed by atoms with Gasteiger partial charge in [-0.2, -0.15) is 0 Å². The Morgan fingerprint density at radius 2 is 1.86 bits per heavy atom. The Bertz CT molecular complexity index is 113. The molecule has 0 aromatic heterocycles. The molecule has 2 atom stereocenters. The zero-order chi connectivity index (χ0) is 10.8. The predicted octanol–water partition coefficient (Wildman–Crippen LogP) is 2.99. The van der Waals surface area contributed by atoms with E-state index in [0.717, 1.165) is 32.5 Å². The van der Waals surface area contributed by atoms with Gasteiger partial charge in [0.1, 0.15) is 0 Å². The van der Waals surface area contributed by atoms with Crippen LogP contribution in [-0.2, 0) is 4.74 Å². The molecule has 0 fully saturated rings. The molecule has 2 unspecified atom stereocenters. The van der Waals surface area contributed by atoms with Crippen molar-refractivity contribution in [2.45, 2.75) is 59.0 Å². The average Bonchev–Trinajstić information content (AvgIpc) is 2.11. The molecule has 2 heteroatoms. The van der Waals surface area contributed by atoms with E-state index in [2.05, 4.69) is 13.8 Å². The van der Waals surface area contributed by atoms with E-state index in [0.29, 0.717) is 5.92 Å². The monoisotopic (exact) mass is 202 g/mol. The quantitative estimate of drug-likeness (QED) is 0.582. The number of hydrogen-bond donors (Lipinski definition) is 1. The first kappa shape index (κ1) is 13.9. The van der Waals surface area contributed by atoms with Gasteiger partial charge in [0.05, 0.1) is 6.10 Å². The topological polar surface area (TPSA) is 29.5 Å². The summed E-state index contributed by atoms with van der Waals surface area (Å²) in [5, 5.41) is 9.03. The van der Waals surface area contributed by atoms with E-state index in [9.17, 15) is 0 Å². The van der Waals surface area contributed by atoms with Gasteiger partial charge >= 0.3 is 0 Å². The summed E-state index contributed by atoms with van der Waals surface area (Å²) in [5.74, 6) is 0.691. The summed E-state index contributed by atoms with van der Waals surface area (Å²) in [6.07, 6.45) is 5.38. The Labute approximate surface area is 88.7 Å². The Morgan fingerprint density at radius 3 is 2.43 bits per heavy atom. The highest BCUT2D eigenvalue weighted by Crippen LogP contribution is 2.06. The Kier molecular flexibility index (Phi) is 9.42. The molecule has 1 N–H and O–H groups in total. The third-order valence-corrected chi connectivity index (χ3v) is 2.34. The van der Waals surface area contributed by atoms with E-state index < -0.39 is 0 Å². The maximum Gasteiger partial charge on any atom is 0.0512 e. The number of rotatable bonds is 9. The summed E-state index contributed by atoms with van der Waals surface area (Å²) in [7, 11) is 0. The molecule has 0 saturated carbocycles. The fourth-order valence-corrected chi connectivity index (χ4v) is 1.50. The van der Waals surface area contributed by atoms with Gasteiger partial charge in [-0.25, -0.2) is 0 Å². The number of aliphatic hydroxyl groups excluding tert-OH is 1. The lowest BCUT2D eigenvalue weighted by Crippen LogP contribution is -2.07. The highest BCUT2D eigenvalue weighted by molar-refractivity contribution is 4.50. The fourth-order valence-electron chi connectivity index (χ4n) is 1.50. The first-order valence-corrected chi connectivity index (χ1v) is 5.92. The fraction of sp³-hybridized carbons (Fsp3) is 1.00. The molecule has 0 heterocycles. The molecule has 0 aliphatic heterocycles. The van der Waals surface area contributed by atoms with Crippen molar-refractivity contribution >= 4 is 0 Å². The molecule has 0 aliphatic rings. The number of aliphatic hydroxyl groups is 1. The summed E-state index contributed by atoms with van der Waals surface area (Å²) in [6.45, 7) is 8.02. The summed E-state index contributed by atoms with van der Waals surface area (Å²) in [6, 6.07) is 0. The van der Waals surface area contributed by atoms with Crippen LogP contribution >= 0.6 is 0 Å². The van der Waals surface area contributed by atoms with Gasteiger partial charge in [0, 0.05) is 13.2 Å². The molecular weight excluding hydrogens is 176 g/mol. The van der Waals surface area contributed by atoms with Crippen LogP contribution in [0.2, 0.25) is 0 Å². The minimum atomic E-state index is -0.158. The van der Waals surface area contributed by atoms with Crippen LogP contribution < -0.4 is 0 Å². The third-order valence-electron chi connectivity index (χ3n) is 2.34. The van der Waals surface area contributed by atoms with Crippen molar-refractivity contribution in [3.05, 3.63) is 0 Å². The minimum Gasteiger partial charge on any atom is -0.393 e. The van der Waals surface area contributed by atoms with Gasteiger partial charge in [-0.15, -0.1) is 0 Å². The number of unbranched alkanes of at least 4 members (excludes halogenated alkanes) is 1. The first-order chi connectivity index (χ1) is 6.66. The maximum atomic E-state index is 9.03. The molecule has 0 aliphatic carbocycles. The van der Waals surface area contributed by atoms with Crippen LogP contribution in [0.25, 0.3) is 0 Å². The average molecular weight is 202 g/mol. The van der Waals surface area contributed by atoms with Crippen molar-refractivity contribution in [3.8, 4) is 0 Å². The molecule has 0 saturated heterocycles. The van der Waals surface area contributed by atoms with Gasteiger partial charge in [0.2, 0.25) is 0 Å². The molecule has 0 aromatic carbocycles. The number of hydrogen-bond acceptors (Lipinski definition) is 2. The lowest BCUT2D eigenvalue weighted by Gasteiger charge is -2.10. The molecule has 86 valence electrons. The van der Waals surface area contributed by atoms with Gasteiger partial charge in [-0.3, -0.25) is 0 Å². The van der Waals surface area contributed by atoms with E-state index >= 15 is 0 Å². The van der Waals surface area contributed by atoms with Gasteiger partial charge in [0.15, 0.2) is 0 Å². The summed E-state index contributed by atoms with van der Waals surface area (Å²) >= 11 is 0. The molecule has 0 spiro atoms. The van der Waals surface area contributed by atoms with Gasteiger partial charge < -0.3 is 9.84 Å². The molecule has 14 heavy (non-hydrogen) atoms. The molecule has 0 radical (unpaired) electrons. The lowest BCUT2D eigenvalue weighted by atomic mass is 10.1. The SMILES string of the molecule is CCCC(C)COCCCCC(C)O. The second kappa shape index (κ2) is 9.47. The highest BCUT2D eigenvalue weighted by Gasteiger charge is 2.00. The van der Waals surface area contributed by atoms with Gasteiger partial charge in [0.25, 0.3) is 0 Å². The van der Waals surface area contributed by atoms with Crippen molar-refractivity contribution in [1.29, 1.82) is 0 Å². The molecule has 0 bridgehead atoms. The molecule has 0 rings (SSSR count). The Morgan fingerprint density at radius 1 is 1.14 bits per heavy atom. The summed E-state index contributed by atoms with van der Waals surface area (Å²) in [4.78, 5) is 0. The second-order valence-electron chi connectivity index (χ2n) is 4.31. The largest absolute Gasteiger partial charge is 0.393 e. The minimum absolute atomic E-state index is 0.158. The second-order valence-corrected chi connectivity index (χ2v) is 4.31. The zero-order valence-corrected chi connectivity index (χ0v) is 9.96. The Balaban J connectivity index is 3.05. The summed E-state index contributed by atoms with van der Waals surface area (Å²) < 4.78 is 5.55. The van der Waals surface area contributed by atoms with Crippen LogP contribution in [0.4, 0.5) is 0 Å². The van der Waals surface area contributed by atoms with Crippen molar-refractivity contribution in [2.24, 2.45) is 5.92 Å². The summed E-state index contributed by atoms with van der Waals surface area (Å²) in [5.41, 5.74) is 0. The van der Waals surface area contributed by atoms with Crippen LogP contribution in [0.15, 0.2) is 0 Å². The normalized spacial score (nSPS) is 15.4. The molecule has 2 nitrogen and oxygen atoms in total. The van der Waals surface area contributed by atoms with Crippen molar-refractivity contribution in [1.82, 2.24) is 0 Å². The maximum absolute atomic E-state index is 9.03. The van der Waals surface area contributed by atoms with E-state index in [-0.39, 0.29) is 6.10 Å². The van der Waals surface area contributed by atoms with Crippen LogP contribution in [0.1, 0.15) is 52.9 Å². The van der Waals surface area contributed by atoms with Crippen molar-refractivity contribution in [3.63, 3.8) is 0 Å². The van der Waals surface area contributed by atoms with Gasteiger partial charge in [-0.1, -0.05) is 20.3 Å². The van der Waals surface area contributed by atoms with Crippen molar-refractivity contribution in [2.75, 3.05) is 13.2 Å². The predicted molar refractivity (Wildman–Crippen MR) is 60.4 cm³/mol. The first-order valence-electron chi connectivity index (χ1n) is 5.92. The van der Waals surface area contributed by atoms with Crippen LogP contribution in [0, 0.1) is 5.92 Å². The number of ether oxygens (including phenoxy) is 1. The van der Waals surface area contributed by atoms with Gasteiger partial charge in [-0.05, 0) is 38.5 Å². The highest BCUT2D eigenvalue weighted by atomic mass is 16.5. The van der Waals surface area contributed by atoms with Crippen LogP contribution in [0.3, 0.4) is 0 Å². The molecular formula is C12H26O2. The third kappa shape index (κ3) is 10.0. The molecule has 0 aromatic rings. The van der Waals surface area contributed by atoms with Crippen LogP contribution in [-0.4, -0.2) is 24.4 Å². The standard InChI is InChI=1S/C12H26O2/c1-4-7-11(2)10-14-9-6-5-8-12(3)13/h11-13H,4-10H2,1-3H3. The van der Waals surface area contributed by atoms with Crippen molar-refractivity contribution < 1.29 is 9.84 Å². The van der Waals surface area contributed by atoms with Crippen LogP contribution in [0.5, 0.6) is 0 Å². The zero-order valence-electron chi connectivity index (χ0n) is 9.96. The molecule has 0 amide bonds. The smallest absolute Gasteiger partial charge is 0.0512 e. The Hall–Kier alpha value is -0.0800. The van der Waals surface area contributed by atoms with E-state index in [1.54, 1.807) is 0 Å². The van der Waals surface area contributed by atoms with E-state index in [1.807, 2.05) is 6.92 Å².